The number of H-pyrrole nitrogens is 1. The number of aromatic amines is 1. The first kappa shape index (κ1) is 37.9. The van der Waals surface area contributed by atoms with E-state index >= 15 is 0 Å². The van der Waals surface area contributed by atoms with Crippen molar-refractivity contribution in [2.75, 3.05) is 62.6 Å². The van der Waals surface area contributed by atoms with E-state index in [4.69, 9.17) is 4.74 Å². The van der Waals surface area contributed by atoms with E-state index < -0.39 is 24.1 Å². The molecule has 1 aromatic heterocycles. The molecule has 7 rings (SSSR count). The number of likely N-dealkylation sites (tertiary alicyclic amines) is 1. The number of benzene rings is 2. The zero-order valence-electron chi connectivity index (χ0n) is 28.9. The lowest BCUT2D eigenvalue weighted by atomic mass is 9.86. The number of piperidine rings is 2. The average Bonchev–Trinajstić information content (AvgIpc) is 3.08. The smallest absolute Gasteiger partial charge is 0.401 e. The molecule has 1 aliphatic carbocycles. The van der Waals surface area contributed by atoms with Gasteiger partial charge in [-0.25, -0.2) is 9.37 Å². The fourth-order valence-electron chi connectivity index (χ4n) is 6.68. The largest absolute Gasteiger partial charge is 0.493 e. The molecule has 11 nitrogen and oxygen atoms in total. The van der Waals surface area contributed by atoms with Crippen molar-refractivity contribution in [3.05, 3.63) is 58.4 Å². The number of ether oxygens (including phenoxy) is 1. The van der Waals surface area contributed by atoms with Crippen molar-refractivity contribution in [3.63, 3.8) is 0 Å². The predicted octanol–water partition coefficient (Wildman–Crippen LogP) is 4.81. The van der Waals surface area contributed by atoms with Crippen LogP contribution in [0.15, 0.2) is 41.2 Å². The summed E-state index contributed by atoms with van der Waals surface area (Å²) in [7, 11) is 0. The number of carbonyl (C=O) groups excluding carboxylic acids is 2. The Hall–Kier alpha value is -3.89. The molecule has 1 unspecified atom stereocenters. The van der Waals surface area contributed by atoms with Gasteiger partial charge in [0, 0.05) is 61.4 Å². The van der Waals surface area contributed by atoms with Crippen molar-refractivity contribution >= 4 is 45.9 Å². The summed E-state index contributed by atoms with van der Waals surface area (Å²) >= 11 is 1.56. The van der Waals surface area contributed by atoms with Crippen LogP contribution in [0.1, 0.15) is 50.8 Å². The lowest BCUT2D eigenvalue weighted by molar-refractivity contribution is -0.147. The minimum atomic E-state index is -4.18. The van der Waals surface area contributed by atoms with Gasteiger partial charge in [-0.15, -0.1) is 0 Å². The van der Waals surface area contributed by atoms with Crippen LogP contribution in [-0.4, -0.2) is 96.6 Å². The number of anilines is 2. The standard InChI is InChI=1S/C21H25F4N3O2S.C15H20N4O2/c22-16-8-14(30-10-13-2-1-3-13)9-17-19(16)20(29)27-18(26-17)11-31-15-4-6-28(7-5-15)12-21(23,24)25;20-14-6-5-13(15(21)18-14)17-11-1-3-12(4-2-11)19-9-7-16-8-10-19/h8-9,13,15H,1-7,10-12H2,(H,26,27,29);1-4,13,16-17H,5-10H2,(H,18,20,21). The van der Waals surface area contributed by atoms with Crippen molar-refractivity contribution in [1.82, 2.24) is 25.5 Å². The number of rotatable bonds is 10. The molecule has 1 saturated carbocycles. The molecule has 2 amide bonds. The van der Waals surface area contributed by atoms with E-state index in [2.05, 4.69) is 43.0 Å². The number of fused-ring (bicyclic) bond motifs is 1. The molecule has 3 aromatic rings. The Morgan fingerprint density at radius 2 is 1.69 bits per heavy atom. The number of thioether (sulfide) groups is 1. The molecule has 1 atom stereocenters. The topological polar surface area (TPSA) is 132 Å². The minimum absolute atomic E-state index is 0.0924. The molecule has 0 spiro atoms. The van der Waals surface area contributed by atoms with Crippen molar-refractivity contribution in [3.8, 4) is 5.75 Å². The highest BCUT2D eigenvalue weighted by Gasteiger charge is 2.32. The molecule has 16 heteroatoms. The molecule has 4 heterocycles. The third-order valence-corrected chi connectivity index (χ3v) is 11.2. The van der Waals surface area contributed by atoms with Gasteiger partial charge < -0.3 is 25.3 Å². The Bertz CT molecular complexity index is 1740. The number of carbonyl (C=O) groups is 2. The molecule has 4 fully saturated rings. The fourth-order valence-corrected chi connectivity index (χ4v) is 7.76. The fraction of sp³-hybridized carbons (Fsp3) is 0.556. The summed E-state index contributed by atoms with van der Waals surface area (Å²) in [5, 5.41) is 8.98. The highest BCUT2D eigenvalue weighted by atomic mass is 32.2. The first-order chi connectivity index (χ1) is 25.0. The third kappa shape index (κ3) is 10.6. The van der Waals surface area contributed by atoms with E-state index in [1.807, 2.05) is 12.1 Å². The lowest BCUT2D eigenvalue weighted by Gasteiger charge is -2.31. The first-order valence-electron chi connectivity index (χ1n) is 17.9. The molecular formula is C36H45F4N7O4S. The van der Waals surface area contributed by atoms with Gasteiger partial charge in [0.25, 0.3) is 5.56 Å². The Morgan fingerprint density at radius 3 is 2.35 bits per heavy atom. The number of nitrogens with zero attached hydrogens (tertiary/aromatic N) is 3. The summed E-state index contributed by atoms with van der Waals surface area (Å²) in [6, 6.07) is 10.6. The van der Waals surface area contributed by atoms with Crippen LogP contribution in [0, 0.1) is 11.7 Å². The van der Waals surface area contributed by atoms with Crippen molar-refractivity contribution < 1.29 is 31.9 Å². The Morgan fingerprint density at radius 1 is 0.962 bits per heavy atom. The normalized spacial score (nSPS) is 20.5. The van der Waals surface area contributed by atoms with E-state index in [0.29, 0.717) is 68.6 Å². The van der Waals surface area contributed by atoms with Crippen LogP contribution in [0.25, 0.3) is 10.9 Å². The van der Waals surface area contributed by atoms with Crippen LogP contribution in [0.2, 0.25) is 0 Å². The van der Waals surface area contributed by atoms with Crippen LogP contribution < -0.4 is 31.1 Å². The van der Waals surface area contributed by atoms with E-state index in [0.717, 1.165) is 44.7 Å². The number of amides is 2. The Balaban J connectivity index is 0.000000192. The van der Waals surface area contributed by atoms with Crippen molar-refractivity contribution in [1.29, 1.82) is 0 Å². The Labute approximate surface area is 303 Å². The maximum Gasteiger partial charge on any atom is 0.401 e. The summed E-state index contributed by atoms with van der Waals surface area (Å²) in [6.45, 7) is 4.49. The summed E-state index contributed by atoms with van der Waals surface area (Å²) in [4.78, 5) is 46.0. The van der Waals surface area contributed by atoms with Gasteiger partial charge in [-0.1, -0.05) is 6.42 Å². The first-order valence-corrected chi connectivity index (χ1v) is 19.0. The monoisotopic (exact) mass is 747 g/mol. The molecular weight excluding hydrogens is 702 g/mol. The van der Waals surface area contributed by atoms with E-state index in [-0.39, 0.29) is 34.0 Å². The van der Waals surface area contributed by atoms with Crippen LogP contribution >= 0.6 is 11.8 Å². The van der Waals surface area contributed by atoms with Gasteiger partial charge in [-0.2, -0.15) is 24.9 Å². The van der Waals surface area contributed by atoms with Gasteiger partial charge >= 0.3 is 6.18 Å². The number of imide groups is 1. The number of hydrogen-bond acceptors (Lipinski definition) is 10. The molecule has 4 aliphatic rings. The summed E-state index contributed by atoms with van der Waals surface area (Å²) in [5.41, 5.74) is 1.82. The second-order valence-corrected chi connectivity index (χ2v) is 15.0. The minimum Gasteiger partial charge on any atom is -0.493 e. The molecule has 0 radical (unpaired) electrons. The van der Waals surface area contributed by atoms with Crippen LogP contribution in [0.4, 0.5) is 28.9 Å². The SMILES string of the molecule is O=C1CCC(Nc2ccc(N3CCNCC3)cc2)C(=O)N1.O=c1[nH]c(CSC2CCN(CC(F)(F)F)CC2)nc2cc(OCC3CCC3)cc(F)c12. The van der Waals surface area contributed by atoms with Crippen molar-refractivity contribution in [2.45, 2.75) is 68.2 Å². The quantitative estimate of drug-likeness (QED) is 0.169. The molecule has 3 saturated heterocycles. The number of halogens is 4. The van der Waals surface area contributed by atoms with Crippen LogP contribution in [0.5, 0.6) is 5.75 Å². The Kier molecular flexibility index (Phi) is 12.6. The zero-order valence-corrected chi connectivity index (χ0v) is 29.7. The van der Waals surface area contributed by atoms with Crippen LogP contribution in [-0.2, 0) is 15.3 Å². The average molecular weight is 748 g/mol. The summed E-state index contributed by atoms with van der Waals surface area (Å²) in [6.07, 6.45) is 1.48. The van der Waals surface area contributed by atoms with Gasteiger partial charge in [0.05, 0.1) is 24.4 Å². The van der Waals surface area contributed by atoms with Gasteiger partial charge in [-0.05, 0) is 75.4 Å². The predicted molar refractivity (Wildman–Crippen MR) is 193 cm³/mol. The number of piperazine rings is 1. The molecule has 3 aliphatic heterocycles. The summed E-state index contributed by atoms with van der Waals surface area (Å²) in [5.74, 6) is 0.613. The van der Waals surface area contributed by atoms with Gasteiger partial charge in [-0.3, -0.25) is 24.6 Å². The second-order valence-electron chi connectivity index (χ2n) is 13.8. The molecule has 52 heavy (non-hydrogen) atoms. The molecule has 2 aromatic carbocycles. The lowest BCUT2D eigenvalue weighted by Crippen LogP contribution is -2.47. The van der Waals surface area contributed by atoms with Crippen LogP contribution in [0.3, 0.4) is 0 Å². The summed E-state index contributed by atoms with van der Waals surface area (Å²) < 4.78 is 57.7. The van der Waals surface area contributed by atoms with Gasteiger partial charge in [0.1, 0.15) is 28.8 Å². The maximum atomic E-state index is 14.5. The second kappa shape index (κ2) is 17.3. The van der Waals surface area contributed by atoms with E-state index in [1.54, 1.807) is 17.8 Å². The van der Waals surface area contributed by atoms with Gasteiger partial charge in [0.15, 0.2) is 0 Å². The highest BCUT2D eigenvalue weighted by molar-refractivity contribution is 7.99. The van der Waals surface area contributed by atoms with Crippen molar-refractivity contribution in [2.24, 2.45) is 5.92 Å². The third-order valence-electron chi connectivity index (χ3n) is 9.82. The molecule has 0 bridgehead atoms. The van der Waals surface area contributed by atoms with E-state index in [1.165, 1.54) is 23.1 Å². The number of nitrogens with one attached hydrogen (secondary N) is 4. The number of alkyl halides is 3. The van der Waals surface area contributed by atoms with E-state index in [9.17, 15) is 31.9 Å². The number of hydrogen-bond donors (Lipinski definition) is 4. The number of aromatic nitrogens is 2. The molecule has 4 N–H and O–H groups in total. The molecule has 282 valence electrons. The zero-order chi connectivity index (χ0) is 36.7. The van der Waals surface area contributed by atoms with Gasteiger partial charge in [0.2, 0.25) is 11.8 Å². The highest BCUT2D eigenvalue weighted by Crippen LogP contribution is 2.30. The maximum absolute atomic E-state index is 14.5.